The van der Waals surface area contributed by atoms with Gasteiger partial charge in [0.05, 0.1) is 0 Å². The standard InChI is InChI=1S/C17H23N/c1-18-17-10-13-7-14(11-17)9-16(8-13,12-17)15-5-3-2-4-6-15/h2-6,13-14,18H,7-12H2,1H3. The maximum absolute atomic E-state index is 3.70. The highest BCUT2D eigenvalue weighted by Crippen LogP contribution is 2.62. The first-order valence-electron chi connectivity index (χ1n) is 7.48. The van der Waals surface area contributed by atoms with Crippen molar-refractivity contribution in [1.29, 1.82) is 0 Å². The van der Waals surface area contributed by atoms with Crippen LogP contribution < -0.4 is 5.32 Å². The molecule has 2 atom stereocenters. The van der Waals surface area contributed by atoms with E-state index in [0.717, 1.165) is 11.8 Å². The van der Waals surface area contributed by atoms with Gasteiger partial charge in [0.2, 0.25) is 0 Å². The summed E-state index contributed by atoms with van der Waals surface area (Å²) in [5.74, 6) is 1.94. The van der Waals surface area contributed by atoms with Crippen LogP contribution in [0.25, 0.3) is 0 Å². The Balaban J connectivity index is 1.78. The van der Waals surface area contributed by atoms with E-state index < -0.39 is 0 Å². The zero-order valence-electron chi connectivity index (χ0n) is 11.3. The van der Waals surface area contributed by atoms with Gasteiger partial charge in [0.25, 0.3) is 0 Å². The van der Waals surface area contributed by atoms with Gasteiger partial charge in [-0.05, 0) is 68.4 Å². The molecule has 1 N–H and O–H groups in total. The Kier molecular flexibility index (Phi) is 2.21. The first kappa shape index (κ1) is 11.0. The van der Waals surface area contributed by atoms with Crippen molar-refractivity contribution >= 4 is 0 Å². The SMILES string of the molecule is CNC12CC3CC(C1)CC(c1ccccc1)(C3)C2. The van der Waals surface area contributed by atoms with Crippen molar-refractivity contribution in [3.63, 3.8) is 0 Å². The fourth-order valence-corrected chi connectivity index (χ4v) is 5.68. The monoisotopic (exact) mass is 241 g/mol. The van der Waals surface area contributed by atoms with Gasteiger partial charge in [-0.2, -0.15) is 0 Å². The fourth-order valence-electron chi connectivity index (χ4n) is 5.68. The third kappa shape index (κ3) is 1.43. The molecule has 0 aromatic heterocycles. The molecule has 1 aromatic rings. The van der Waals surface area contributed by atoms with E-state index in [4.69, 9.17) is 0 Å². The van der Waals surface area contributed by atoms with Crippen molar-refractivity contribution in [2.24, 2.45) is 11.8 Å². The van der Waals surface area contributed by atoms with E-state index in [2.05, 4.69) is 42.7 Å². The second-order valence-electron chi connectivity index (χ2n) is 7.14. The summed E-state index contributed by atoms with van der Waals surface area (Å²) in [6, 6.07) is 11.3. The van der Waals surface area contributed by atoms with E-state index in [1.807, 2.05) is 0 Å². The molecule has 18 heavy (non-hydrogen) atoms. The Hall–Kier alpha value is -0.820. The minimum absolute atomic E-state index is 0.458. The molecular formula is C17H23N. The van der Waals surface area contributed by atoms with Crippen LogP contribution in [0.5, 0.6) is 0 Å². The van der Waals surface area contributed by atoms with Crippen LogP contribution in [0.4, 0.5) is 0 Å². The largest absolute Gasteiger partial charge is 0.314 e. The van der Waals surface area contributed by atoms with Crippen LogP contribution in [0.2, 0.25) is 0 Å². The molecule has 4 aliphatic rings. The van der Waals surface area contributed by atoms with Crippen LogP contribution in [0, 0.1) is 11.8 Å². The molecule has 4 fully saturated rings. The van der Waals surface area contributed by atoms with Crippen molar-refractivity contribution in [2.75, 3.05) is 7.05 Å². The van der Waals surface area contributed by atoms with E-state index in [9.17, 15) is 0 Å². The summed E-state index contributed by atoms with van der Waals surface area (Å²) in [7, 11) is 2.19. The van der Waals surface area contributed by atoms with Crippen molar-refractivity contribution in [1.82, 2.24) is 5.32 Å². The minimum atomic E-state index is 0.458. The molecule has 1 nitrogen and oxygen atoms in total. The quantitative estimate of drug-likeness (QED) is 0.835. The Morgan fingerprint density at radius 3 is 2.28 bits per heavy atom. The third-order valence-electron chi connectivity index (χ3n) is 5.98. The number of hydrogen-bond acceptors (Lipinski definition) is 1. The van der Waals surface area contributed by atoms with Crippen LogP contribution >= 0.6 is 0 Å². The van der Waals surface area contributed by atoms with Gasteiger partial charge in [-0.1, -0.05) is 30.3 Å². The lowest BCUT2D eigenvalue weighted by molar-refractivity contribution is -0.0373. The molecule has 2 unspecified atom stereocenters. The maximum atomic E-state index is 3.70. The number of benzene rings is 1. The van der Waals surface area contributed by atoms with Gasteiger partial charge >= 0.3 is 0 Å². The summed E-state index contributed by atoms with van der Waals surface area (Å²) in [5.41, 5.74) is 2.56. The highest BCUT2D eigenvalue weighted by molar-refractivity contribution is 5.31. The van der Waals surface area contributed by atoms with E-state index in [-0.39, 0.29) is 0 Å². The molecule has 0 saturated heterocycles. The van der Waals surface area contributed by atoms with Gasteiger partial charge in [-0.25, -0.2) is 0 Å². The van der Waals surface area contributed by atoms with Crippen molar-refractivity contribution < 1.29 is 0 Å². The van der Waals surface area contributed by atoms with Crippen LogP contribution in [-0.2, 0) is 5.41 Å². The highest BCUT2D eigenvalue weighted by Gasteiger charge is 2.57. The third-order valence-corrected chi connectivity index (χ3v) is 5.98. The summed E-state index contributed by atoms with van der Waals surface area (Å²) in [5, 5.41) is 3.70. The first-order valence-corrected chi connectivity index (χ1v) is 7.48. The summed E-state index contributed by atoms with van der Waals surface area (Å²) in [6.07, 6.45) is 8.60. The van der Waals surface area contributed by atoms with Gasteiger partial charge in [0.15, 0.2) is 0 Å². The lowest BCUT2D eigenvalue weighted by atomic mass is 9.45. The number of nitrogens with one attached hydrogen (secondary N) is 1. The van der Waals surface area contributed by atoms with E-state index >= 15 is 0 Å². The Labute approximate surface area is 110 Å². The predicted octanol–water partition coefficient (Wildman–Crippen LogP) is 3.50. The molecule has 96 valence electrons. The smallest absolute Gasteiger partial charge is 0.0192 e. The summed E-state index contributed by atoms with van der Waals surface area (Å²) in [4.78, 5) is 0. The Bertz CT molecular complexity index is 436. The summed E-state index contributed by atoms with van der Waals surface area (Å²) >= 11 is 0. The predicted molar refractivity (Wildman–Crippen MR) is 74.6 cm³/mol. The molecular weight excluding hydrogens is 218 g/mol. The molecule has 0 spiro atoms. The molecule has 4 bridgehead atoms. The van der Waals surface area contributed by atoms with Crippen LogP contribution in [0.3, 0.4) is 0 Å². The molecule has 4 saturated carbocycles. The Morgan fingerprint density at radius 1 is 1.00 bits per heavy atom. The molecule has 0 heterocycles. The maximum Gasteiger partial charge on any atom is 0.0192 e. The molecule has 4 aliphatic carbocycles. The van der Waals surface area contributed by atoms with Gasteiger partial charge < -0.3 is 5.32 Å². The summed E-state index contributed by atoms with van der Waals surface area (Å²) < 4.78 is 0. The topological polar surface area (TPSA) is 12.0 Å². The van der Waals surface area contributed by atoms with Gasteiger partial charge in [-0.3, -0.25) is 0 Å². The molecule has 1 aromatic carbocycles. The van der Waals surface area contributed by atoms with E-state index in [0.29, 0.717) is 11.0 Å². The highest BCUT2D eigenvalue weighted by atomic mass is 15.0. The first-order chi connectivity index (χ1) is 8.74. The lowest BCUT2D eigenvalue weighted by Gasteiger charge is -2.62. The molecule has 0 amide bonds. The van der Waals surface area contributed by atoms with Crippen LogP contribution in [0.15, 0.2) is 30.3 Å². The Morgan fingerprint density at radius 2 is 1.67 bits per heavy atom. The summed E-state index contributed by atoms with van der Waals surface area (Å²) in [6.45, 7) is 0. The fraction of sp³-hybridized carbons (Fsp3) is 0.647. The van der Waals surface area contributed by atoms with E-state index in [1.165, 1.54) is 38.5 Å². The average molecular weight is 241 g/mol. The van der Waals surface area contributed by atoms with Gasteiger partial charge in [0, 0.05) is 5.54 Å². The second kappa shape index (κ2) is 3.60. The van der Waals surface area contributed by atoms with Crippen molar-refractivity contribution in [3.8, 4) is 0 Å². The van der Waals surface area contributed by atoms with Crippen molar-refractivity contribution in [2.45, 2.75) is 49.5 Å². The van der Waals surface area contributed by atoms with Crippen LogP contribution in [-0.4, -0.2) is 12.6 Å². The zero-order valence-corrected chi connectivity index (χ0v) is 11.3. The van der Waals surface area contributed by atoms with Gasteiger partial charge in [0.1, 0.15) is 0 Å². The normalized spacial score (nSPS) is 45.4. The molecule has 0 aliphatic heterocycles. The second-order valence-corrected chi connectivity index (χ2v) is 7.14. The lowest BCUT2D eigenvalue weighted by Crippen LogP contribution is -2.62. The van der Waals surface area contributed by atoms with E-state index in [1.54, 1.807) is 5.56 Å². The van der Waals surface area contributed by atoms with Crippen molar-refractivity contribution in [3.05, 3.63) is 35.9 Å². The molecule has 5 rings (SSSR count). The van der Waals surface area contributed by atoms with Gasteiger partial charge in [-0.15, -0.1) is 0 Å². The molecule has 0 radical (unpaired) electrons. The number of hydrogen-bond donors (Lipinski definition) is 1. The average Bonchev–Trinajstić information content (AvgIpc) is 2.38. The van der Waals surface area contributed by atoms with Crippen LogP contribution in [0.1, 0.15) is 44.1 Å². The zero-order chi connectivity index (χ0) is 12.2. The number of rotatable bonds is 2. The molecule has 1 heteroatoms. The minimum Gasteiger partial charge on any atom is -0.314 e.